The topological polar surface area (TPSA) is 99.9 Å². The van der Waals surface area contributed by atoms with Gasteiger partial charge in [0.15, 0.2) is 5.82 Å². The van der Waals surface area contributed by atoms with Gasteiger partial charge in [0.1, 0.15) is 6.04 Å². The van der Waals surface area contributed by atoms with Crippen molar-refractivity contribution in [2.45, 2.75) is 38.8 Å². The molecule has 0 bridgehead atoms. The molecule has 0 saturated heterocycles. The predicted molar refractivity (Wildman–Crippen MR) is 94.4 cm³/mol. The number of amides is 2. The summed E-state index contributed by atoms with van der Waals surface area (Å²) in [6.07, 6.45) is 2.18. The maximum atomic E-state index is 12.9. The molecule has 1 aromatic carbocycles. The average Bonchev–Trinajstić information content (AvgIpc) is 3.30. The number of aromatic amines is 1. The highest BCUT2D eigenvalue weighted by atomic mass is 16.5. The quantitative estimate of drug-likeness (QED) is 0.754. The van der Waals surface area contributed by atoms with Crippen LogP contribution in [0.2, 0.25) is 0 Å². The lowest BCUT2D eigenvalue weighted by Gasteiger charge is -2.32. The number of nitrogens with one attached hydrogen (secondary N) is 2. The summed E-state index contributed by atoms with van der Waals surface area (Å²) in [6, 6.07) is 8.79. The van der Waals surface area contributed by atoms with Gasteiger partial charge in [-0.15, -0.1) is 0 Å². The Labute approximate surface area is 150 Å². The molecule has 1 aliphatic heterocycles. The van der Waals surface area contributed by atoms with Crippen LogP contribution in [0.4, 0.5) is 10.5 Å². The van der Waals surface area contributed by atoms with E-state index < -0.39 is 0 Å². The van der Waals surface area contributed by atoms with Gasteiger partial charge < -0.3 is 19.7 Å². The number of para-hydroxylation sites is 1. The minimum atomic E-state index is -0.352. The molecule has 0 spiro atoms. The van der Waals surface area contributed by atoms with Gasteiger partial charge in [-0.25, -0.2) is 9.78 Å². The number of carbonyl (C=O) groups excluding carboxylic acids is 1. The molecule has 8 nitrogen and oxygen atoms in total. The average molecular weight is 352 g/mol. The molecule has 2 amide bonds. The third kappa shape index (κ3) is 3.05. The van der Waals surface area contributed by atoms with E-state index in [1.807, 2.05) is 44.2 Å². The number of anilines is 1. The first kappa shape index (κ1) is 16.3. The van der Waals surface area contributed by atoms with E-state index >= 15 is 0 Å². The van der Waals surface area contributed by atoms with E-state index in [0.29, 0.717) is 24.7 Å². The zero-order valence-electron chi connectivity index (χ0n) is 14.6. The minimum Gasteiger partial charge on any atom is -0.347 e. The monoisotopic (exact) mass is 352 g/mol. The van der Waals surface area contributed by atoms with E-state index in [1.165, 1.54) is 0 Å². The van der Waals surface area contributed by atoms with Crippen LogP contribution in [0.25, 0.3) is 0 Å². The first-order chi connectivity index (χ1) is 12.6. The molecule has 1 aliphatic rings. The molecule has 3 aromatic rings. The van der Waals surface area contributed by atoms with Crippen LogP contribution >= 0.6 is 0 Å². The lowest BCUT2D eigenvalue weighted by molar-refractivity contribution is 0.155. The summed E-state index contributed by atoms with van der Waals surface area (Å²) in [6.45, 7) is 4.40. The molecule has 8 heteroatoms. The fourth-order valence-electron chi connectivity index (χ4n) is 3.00. The number of aromatic nitrogens is 4. The Morgan fingerprint density at radius 3 is 2.88 bits per heavy atom. The highest BCUT2D eigenvalue weighted by Crippen LogP contribution is 2.32. The van der Waals surface area contributed by atoms with Crippen LogP contribution in [0.1, 0.15) is 48.9 Å². The third-order valence-electron chi connectivity index (χ3n) is 4.44. The highest BCUT2D eigenvalue weighted by Gasteiger charge is 2.36. The van der Waals surface area contributed by atoms with Crippen molar-refractivity contribution in [2.75, 3.05) is 5.32 Å². The molecule has 2 aromatic heterocycles. The summed E-state index contributed by atoms with van der Waals surface area (Å²) in [4.78, 5) is 26.6. The summed E-state index contributed by atoms with van der Waals surface area (Å²) < 4.78 is 5.47. The van der Waals surface area contributed by atoms with Crippen LogP contribution < -0.4 is 5.32 Å². The van der Waals surface area contributed by atoms with Gasteiger partial charge in [-0.2, -0.15) is 4.98 Å². The van der Waals surface area contributed by atoms with E-state index in [9.17, 15) is 4.79 Å². The van der Waals surface area contributed by atoms with Gasteiger partial charge in [0.2, 0.25) is 5.89 Å². The van der Waals surface area contributed by atoms with Crippen LogP contribution in [-0.4, -0.2) is 31.0 Å². The number of carbonyl (C=O) groups is 1. The van der Waals surface area contributed by atoms with E-state index in [2.05, 4.69) is 25.4 Å². The molecule has 3 heterocycles. The number of H-pyrrole nitrogens is 1. The van der Waals surface area contributed by atoms with Crippen LogP contribution in [0.3, 0.4) is 0 Å². The van der Waals surface area contributed by atoms with Crippen molar-refractivity contribution in [1.82, 2.24) is 25.0 Å². The van der Waals surface area contributed by atoms with Crippen LogP contribution in [0.15, 0.2) is 41.2 Å². The van der Waals surface area contributed by atoms with E-state index in [4.69, 9.17) is 4.52 Å². The van der Waals surface area contributed by atoms with Gasteiger partial charge in [-0.3, -0.25) is 0 Å². The molecule has 1 atom stereocenters. The van der Waals surface area contributed by atoms with E-state index in [-0.39, 0.29) is 18.0 Å². The molecule has 0 fully saturated rings. The molecule has 2 N–H and O–H groups in total. The van der Waals surface area contributed by atoms with Crippen molar-refractivity contribution >= 4 is 11.7 Å². The Morgan fingerprint density at radius 2 is 2.15 bits per heavy atom. The molecule has 134 valence electrons. The standard InChI is InChI=1S/C18H20N6O2/c1-11(2)16-22-17(26-23-16)15-8-13-14(20-10-19-13)9-24(15)18(25)21-12-6-4-3-5-7-12/h3-7,10-11,15H,8-9H2,1-2H3,(H,19,20)(H,21,25)/t15-/m0/s1. The number of benzene rings is 1. The van der Waals surface area contributed by atoms with Crippen molar-refractivity contribution in [2.24, 2.45) is 0 Å². The Bertz CT molecular complexity index is 901. The second-order valence-corrected chi connectivity index (χ2v) is 6.62. The van der Waals surface area contributed by atoms with E-state index in [1.54, 1.807) is 11.2 Å². The number of hydrogen-bond acceptors (Lipinski definition) is 5. The van der Waals surface area contributed by atoms with Crippen molar-refractivity contribution in [1.29, 1.82) is 0 Å². The largest absolute Gasteiger partial charge is 0.347 e. The van der Waals surface area contributed by atoms with Gasteiger partial charge in [-0.05, 0) is 12.1 Å². The molecule has 0 radical (unpaired) electrons. The molecule has 26 heavy (non-hydrogen) atoms. The van der Waals surface area contributed by atoms with Crippen molar-refractivity contribution in [3.8, 4) is 0 Å². The first-order valence-electron chi connectivity index (χ1n) is 8.59. The van der Waals surface area contributed by atoms with Gasteiger partial charge in [0.25, 0.3) is 0 Å². The second kappa shape index (κ2) is 6.62. The Balaban J connectivity index is 1.63. The van der Waals surface area contributed by atoms with Gasteiger partial charge in [0, 0.05) is 18.0 Å². The first-order valence-corrected chi connectivity index (χ1v) is 8.59. The fraction of sp³-hybridized carbons (Fsp3) is 0.333. The van der Waals surface area contributed by atoms with Crippen molar-refractivity contribution in [3.05, 3.63) is 59.8 Å². The third-order valence-corrected chi connectivity index (χ3v) is 4.44. The van der Waals surface area contributed by atoms with E-state index in [0.717, 1.165) is 17.1 Å². The molecular weight excluding hydrogens is 332 g/mol. The van der Waals surface area contributed by atoms with Gasteiger partial charge in [-0.1, -0.05) is 37.2 Å². The fourth-order valence-corrected chi connectivity index (χ4v) is 3.00. The zero-order valence-corrected chi connectivity index (χ0v) is 14.6. The summed E-state index contributed by atoms with van der Waals surface area (Å²) in [7, 11) is 0. The number of imidazole rings is 1. The Morgan fingerprint density at radius 1 is 1.35 bits per heavy atom. The molecule has 0 unspecified atom stereocenters. The summed E-state index contributed by atoms with van der Waals surface area (Å²) >= 11 is 0. The Hall–Kier alpha value is -3.16. The molecule has 0 aliphatic carbocycles. The molecule has 0 saturated carbocycles. The molecule has 4 rings (SSSR count). The lowest BCUT2D eigenvalue weighted by atomic mass is 10.0. The van der Waals surface area contributed by atoms with Crippen LogP contribution in [0.5, 0.6) is 0 Å². The summed E-state index contributed by atoms with van der Waals surface area (Å²) in [5, 5.41) is 6.97. The number of rotatable bonds is 3. The number of hydrogen-bond donors (Lipinski definition) is 2. The summed E-state index contributed by atoms with van der Waals surface area (Å²) in [5.74, 6) is 1.23. The zero-order chi connectivity index (χ0) is 18.1. The number of fused-ring (bicyclic) bond motifs is 1. The maximum Gasteiger partial charge on any atom is 0.322 e. The predicted octanol–water partition coefficient (Wildman–Crippen LogP) is 3.25. The van der Waals surface area contributed by atoms with Gasteiger partial charge in [0.05, 0.1) is 24.3 Å². The second-order valence-electron chi connectivity index (χ2n) is 6.62. The van der Waals surface area contributed by atoms with Crippen molar-refractivity contribution < 1.29 is 9.32 Å². The van der Waals surface area contributed by atoms with Crippen LogP contribution in [0, 0.1) is 0 Å². The van der Waals surface area contributed by atoms with Gasteiger partial charge >= 0.3 is 6.03 Å². The maximum absolute atomic E-state index is 12.9. The Kier molecular flexibility index (Phi) is 4.16. The van der Waals surface area contributed by atoms with Crippen LogP contribution in [-0.2, 0) is 13.0 Å². The molecular formula is C18H20N6O2. The number of nitrogens with zero attached hydrogens (tertiary/aromatic N) is 4. The lowest BCUT2D eigenvalue weighted by Crippen LogP contribution is -2.41. The van der Waals surface area contributed by atoms with Crippen molar-refractivity contribution in [3.63, 3.8) is 0 Å². The highest BCUT2D eigenvalue weighted by molar-refractivity contribution is 5.89. The summed E-state index contributed by atoms with van der Waals surface area (Å²) in [5.41, 5.74) is 2.58. The minimum absolute atomic E-state index is 0.156. The SMILES string of the molecule is CC(C)c1noc([C@@H]2Cc3nc[nH]c3CN2C(=O)Nc2ccccc2)n1. The number of urea groups is 1. The smallest absolute Gasteiger partial charge is 0.322 e. The normalized spacial score (nSPS) is 16.6.